The Hall–Kier alpha value is -3.09. The van der Waals surface area contributed by atoms with Crippen LogP contribution >= 0.6 is 0 Å². The maximum absolute atomic E-state index is 12.8. The molecule has 7 heteroatoms. The first-order valence-electron chi connectivity index (χ1n) is 10.2. The number of piperidine rings is 1. The van der Waals surface area contributed by atoms with Crippen molar-refractivity contribution >= 4 is 23.4 Å². The molecule has 152 valence electrons. The van der Waals surface area contributed by atoms with Gasteiger partial charge in [0.05, 0.1) is 0 Å². The van der Waals surface area contributed by atoms with Crippen LogP contribution in [0.2, 0.25) is 0 Å². The number of ketones is 1. The summed E-state index contributed by atoms with van der Waals surface area (Å²) in [5.41, 5.74) is 3.61. The number of para-hydroxylation sites is 1. The molecule has 0 spiro atoms. The number of likely N-dealkylation sites (tertiary alicyclic amines) is 1. The van der Waals surface area contributed by atoms with Crippen molar-refractivity contribution in [3.8, 4) is 0 Å². The van der Waals surface area contributed by atoms with Crippen LogP contribution in [0.5, 0.6) is 0 Å². The number of aromatic amines is 1. The van der Waals surface area contributed by atoms with Gasteiger partial charge in [0.2, 0.25) is 0 Å². The van der Waals surface area contributed by atoms with E-state index in [4.69, 9.17) is 0 Å². The summed E-state index contributed by atoms with van der Waals surface area (Å²) in [6, 6.07) is 9.27. The first kappa shape index (κ1) is 19.2. The molecule has 0 saturated carbocycles. The molecule has 1 aromatic heterocycles. The molecular weight excluding hydrogens is 368 g/mol. The number of fused-ring (bicyclic) bond motifs is 1. The van der Waals surface area contributed by atoms with E-state index in [9.17, 15) is 14.4 Å². The Balaban J connectivity index is 1.32. The minimum Gasteiger partial charge on any atom is -0.354 e. The van der Waals surface area contributed by atoms with E-state index in [-0.39, 0.29) is 23.8 Å². The third-order valence-corrected chi connectivity index (χ3v) is 5.81. The standard InChI is InChI=1S/C22H26N4O3/c1-14-19-17(8-5-9-18(19)27)25-20(14)21(28)23-16-10-12-26(13-11-16)22(29)24-15-6-3-2-4-7-15/h2-4,6-7,16,25H,5,8-13H2,1H3,(H,23,28)(H,24,29). The number of carbonyl (C=O) groups is 3. The van der Waals surface area contributed by atoms with Gasteiger partial charge in [-0.15, -0.1) is 0 Å². The average molecular weight is 394 g/mol. The van der Waals surface area contributed by atoms with Crippen LogP contribution in [0.15, 0.2) is 30.3 Å². The van der Waals surface area contributed by atoms with E-state index >= 15 is 0 Å². The van der Waals surface area contributed by atoms with Gasteiger partial charge in [-0.05, 0) is 50.3 Å². The number of hydrogen-bond donors (Lipinski definition) is 3. The van der Waals surface area contributed by atoms with Crippen LogP contribution in [0, 0.1) is 6.92 Å². The van der Waals surface area contributed by atoms with Gasteiger partial charge in [0.1, 0.15) is 5.69 Å². The molecule has 1 aliphatic heterocycles. The molecule has 2 aliphatic rings. The van der Waals surface area contributed by atoms with Gasteiger partial charge < -0.3 is 20.5 Å². The van der Waals surface area contributed by atoms with Crippen molar-refractivity contribution in [1.82, 2.24) is 15.2 Å². The second kappa shape index (κ2) is 8.11. The summed E-state index contributed by atoms with van der Waals surface area (Å²) >= 11 is 0. The highest BCUT2D eigenvalue weighted by molar-refractivity contribution is 6.04. The summed E-state index contributed by atoms with van der Waals surface area (Å²) in [6.45, 7) is 3.01. The van der Waals surface area contributed by atoms with Gasteiger partial charge in [0.25, 0.3) is 5.91 Å². The number of urea groups is 1. The third-order valence-electron chi connectivity index (χ3n) is 5.81. The molecule has 3 N–H and O–H groups in total. The number of aromatic nitrogens is 1. The summed E-state index contributed by atoms with van der Waals surface area (Å²) in [5, 5.41) is 5.96. The predicted molar refractivity (Wildman–Crippen MR) is 110 cm³/mol. The Morgan fingerprint density at radius 1 is 1.10 bits per heavy atom. The van der Waals surface area contributed by atoms with Crippen LogP contribution in [0.4, 0.5) is 10.5 Å². The second-order valence-electron chi connectivity index (χ2n) is 7.79. The highest BCUT2D eigenvalue weighted by Gasteiger charge is 2.28. The number of nitrogens with zero attached hydrogens (tertiary/aromatic N) is 1. The van der Waals surface area contributed by atoms with E-state index in [1.54, 1.807) is 4.90 Å². The number of carbonyl (C=O) groups excluding carboxylic acids is 3. The molecule has 0 atom stereocenters. The lowest BCUT2D eigenvalue weighted by atomic mass is 9.93. The topological polar surface area (TPSA) is 94.3 Å². The molecule has 1 saturated heterocycles. The lowest BCUT2D eigenvalue weighted by Gasteiger charge is -2.32. The van der Waals surface area contributed by atoms with Crippen molar-refractivity contribution in [2.75, 3.05) is 18.4 Å². The van der Waals surface area contributed by atoms with E-state index in [2.05, 4.69) is 15.6 Å². The van der Waals surface area contributed by atoms with Gasteiger partial charge in [-0.3, -0.25) is 9.59 Å². The molecule has 1 fully saturated rings. The van der Waals surface area contributed by atoms with Gasteiger partial charge in [-0.25, -0.2) is 4.79 Å². The molecule has 0 bridgehead atoms. The van der Waals surface area contributed by atoms with Crippen LogP contribution < -0.4 is 10.6 Å². The van der Waals surface area contributed by atoms with Crippen LogP contribution in [0.1, 0.15) is 57.8 Å². The smallest absolute Gasteiger partial charge is 0.321 e. The number of benzene rings is 1. The van der Waals surface area contributed by atoms with Gasteiger partial charge in [-0.2, -0.15) is 0 Å². The fourth-order valence-electron chi connectivity index (χ4n) is 4.21. The zero-order valence-electron chi connectivity index (χ0n) is 16.6. The highest BCUT2D eigenvalue weighted by atomic mass is 16.2. The number of rotatable bonds is 3. The monoisotopic (exact) mass is 394 g/mol. The van der Waals surface area contributed by atoms with Gasteiger partial charge >= 0.3 is 6.03 Å². The normalized spacial score (nSPS) is 17.0. The van der Waals surface area contributed by atoms with E-state index in [0.717, 1.165) is 29.8 Å². The zero-order valence-corrected chi connectivity index (χ0v) is 16.6. The first-order valence-corrected chi connectivity index (χ1v) is 10.2. The molecule has 0 radical (unpaired) electrons. The largest absolute Gasteiger partial charge is 0.354 e. The summed E-state index contributed by atoms with van der Waals surface area (Å²) in [5.74, 6) is -0.0475. The van der Waals surface area contributed by atoms with Crippen LogP contribution in [0.3, 0.4) is 0 Å². The Labute approximate surface area is 169 Å². The molecule has 1 aromatic carbocycles. The lowest BCUT2D eigenvalue weighted by molar-refractivity contribution is 0.0913. The molecule has 2 heterocycles. The molecule has 7 nitrogen and oxygen atoms in total. The van der Waals surface area contributed by atoms with E-state index < -0.39 is 0 Å². The summed E-state index contributed by atoms with van der Waals surface area (Å²) in [7, 11) is 0. The molecule has 0 unspecified atom stereocenters. The van der Waals surface area contributed by atoms with E-state index in [1.807, 2.05) is 37.3 Å². The summed E-state index contributed by atoms with van der Waals surface area (Å²) in [6.07, 6.45) is 3.59. The Kier molecular flexibility index (Phi) is 5.38. The fraction of sp³-hybridized carbons (Fsp3) is 0.409. The van der Waals surface area contributed by atoms with Crippen LogP contribution in [-0.2, 0) is 6.42 Å². The van der Waals surface area contributed by atoms with Crippen molar-refractivity contribution < 1.29 is 14.4 Å². The van der Waals surface area contributed by atoms with Crippen molar-refractivity contribution in [3.63, 3.8) is 0 Å². The Morgan fingerprint density at radius 2 is 1.83 bits per heavy atom. The molecule has 4 rings (SSSR count). The maximum atomic E-state index is 12.8. The maximum Gasteiger partial charge on any atom is 0.321 e. The highest BCUT2D eigenvalue weighted by Crippen LogP contribution is 2.26. The molecule has 3 amide bonds. The number of H-pyrrole nitrogens is 1. The zero-order chi connectivity index (χ0) is 20.4. The van der Waals surface area contributed by atoms with E-state index in [0.29, 0.717) is 43.6 Å². The average Bonchev–Trinajstić information content (AvgIpc) is 3.07. The number of amides is 3. The first-order chi connectivity index (χ1) is 14.0. The van der Waals surface area contributed by atoms with Crippen molar-refractivity contribution in [2.45, 2.75) is 45.1 Å². The van der Waals surface area contributed by atoms with Crippen LogP contribution in [0.25, 0.3) is 0 Å². The number of Topliss-reactive ketones (excluding diaryl/α,β-unsaturated/α-hetero) is 1. The quantitative estimate of drug-likeness (QED) is 0.746. The minimum absolute atomic E-state index is 0.0127. The van der Waals surface area contributed by atoms with Crippen LogP contribution in [-0.4, -0.2) is 46.7 Å². The summed E-state index contributed by atoms with van der Waals surface area (Å²) in [4.78, 5) is 42.3. The number of hydrogen-bond acceptors (Lipinski definition) is 3. The third kappa shape index (κ3) is 4.04. The van der Waals surface area contributed by atoms with E-state index in [1.165, 1.54) is 0 Å². The molecule has 1 aliphatic carbocycles. The van der Waals surface area contributed by atoms with Crippen molar-refractivity contribution in [3.05, 3.63) is 52.8 Å². The molecule has 2 aromatic rings. The molecule has 29 heavy (non-hydrogen) atoms. The summed E-state index contributed by atoms with van der Waals surface area (Å²) < 4.78 is 0. The van der Waals surface area contributed by atoms with Crippen molar-refractivity contribution in [1.29, 1.82) is 0 Å². The minimum atomic E-state index is -0.170. The lowest BCUT2D eigenvalue weighted by Crippen LogP contribution is -2.47. The van der Waals surface area contributed by atoms with Gasteiger partial charge in [-0.1, -0.05) is 18.2 Å². The van der Waals surface area contributed by atoms with Gasteiger partial charge in [0.15, 0.2) is 5.78 Å². The number of nitrogens with one attached hydrogen (secondary N) is 3. The fourth-order valence-corrected chi connectivity index (χ4v) is 4.21. The number of anilines is 1. The predicted octanol–water partition coefficient (Wildman–Crippen LogP) is 3.27. The number of aryl methyl sites for hydroxylation is 1. The van der Waals surface area contributed by atoms with Crippen molar-refractivity contribution in [2.24, 2.45) is 0 Å². The Bertz CT molecular complexity index is 927. The van der Waals surface area contributed by atoms with Gasteiger partial charge in [0, 0.05) is 42.5 Å². The Morgan fingerprint density at radius 3 is 2.52 bits per heavy atom. The SMILES string of the molecule is Cc1c(C(=O)NC2CCN(C(=O)Nc3ccccc3)CC2)[nH]c2c1C(=O)CCC2. The molecular formula is C22H26N4O3. The second-order valence-corrected chi connectivity index (χ2v) is 7.79.